The van der Waals surface area contributed by atoms with Gasteiger partial charge in [-0.15, -0.1) is 0 Å². The summed E-state index contributed by atoms with van der Waals surface area (Å²) in [5.41, 5.74) is 10.2. The lowest BCUT2D eigenvalue weighted by Gasteiger charge is -2.20. The van der Waals surface area contributed by atoms with Gasteiger partial charge in [0.15, 0.2) is 0 Å². The Morgan fingerprint density at radius 3 is 1.97 bits per heavy atom. The minimum absolute atomic E-state index is 0. The molecular formula is C24H32N4O3. The summed E-state index contributed by atoms with van der Waals surface area (Å²) in [6.07, 6.45) is 0. The first-order chi connectivity index (χ1) is 14.2. The van der Waals surface area contributed by atoms with Gasteiger partial charge in [0.25, 0.3) is 11.8 Å². The van der Waals surface area contributed by atoms with Crippen molar-refractivity contribution in [3.63, 3.8) is 0 Å². The minimum Gasteiger partial charge on any atom is -0.339 e. The summed E-state index contributed by atoms with van der Waals surface area (Å²) < 4.78 is 0. The van der Waals surface area contributed by atoms with Gasteiger partial charge < -0.3 is 16.4 Å². The first-order valence-corrected chi connectivity index (χ1v) is 9.63. The van der Waals surface area contributed by atoms with E-state index in [0.29, 0.717) is 5.56 Å². The molecule has 7 heteroatoms. The van der Waals surface area contributed by atoms with Crippen LogP contribution in [0.2, 0.25) is 0 Å². The number of amides is 2. The second-order valence-corrected chi connectivity index (χ2v) is 7.87. The average Bonchev–Trinajstić information content (AvgIpc) is 2.74. The number of hydrogen-bond acceptors (Lipinski definition) is 5. The molecule has 0 aliphatic rings. The third kappa shape index (κ3) is 8.60. The third-order valence-corrected chi connectivity index (χ3v) is 4.24. The zero-order valence-electron chi connectivity index (χ0n) is 17.5. The van der Waals surface area contributed by atoms with E-state index in [1.165, 1.54) is 11.0 Å². The molecule has 0 aliphatic heterocycles. The van der Waals surface area contributed by atoms with E-state index in [1.807, 2.05) is 24.3 Å². The monoisotopic (exact) mass is 424 g/mol. The number of nitrogens with two attached hydrogens (primary N) is 1. The molecule has 1 atom stereocenters. The number of carbonyl (C=O) groups excluding carboxylic acids is 2. The summed E-state index contributed by atoms with van der Waals surface area (Å²) in [6.45, 7) is 7.05. The van der Waals surface area contributed by atoms with Gasteiger partial charge in [-0.3, -0.25) is 14.8 Å². The molecule has 0 aromatic heterocycles. The predicted octanol–water partition coefficient (Wildman–Crippen LogP) is 2.17. The van der Waals surface area contributed by atoms with E-state index in [-0.39, 0.29) is 19.5 Å². The molecule has 0 aliphatic carbocycles. The van der Waals surface area contributed by atoms with E-state index >= 15 is 0 Å². The van der Waals surface area contributed by atoms with Crippen LogP contribution in [-0.4, -0.2) is 35.1 Å². The summed E-state index contributed by atoms with van der Waals surface area (Å²) in [7, 11) is 0. The van der Waals surface area contributed by atoms with E-state index in [1.54, 1.807) is 24.3 Å². The van der Waals surface area contributed by atoms with Gasteiger partial charge in [-0.1, -0.05) is 31.4 Å². The van der Waals surface area contributed by atoms with Crippen molar-refractivity contribution in [1.82, 2.24) is 16.1 Å². The molecule has 0 saturated heterocycles. The number of benzene rings is 2. The molecule has 2 aromatic carbocycles. The second-order valence-electron chi connectivity index (χ2n) is 7.87. The summed E-state index contributed by atoms with van der Waals surface area (Å²) in [5, 5.41) is 14.6. The molecule has 0 radical (unpaired) electrons. The molecular weight excluding hydrogens is 392 g/mol. The highest BCUT2D eigenvalue weighted by atomic mass is 16.5. The number of hydrogen-bond donors (Lipinski definition) is 5. The van der Waals surface area contributed by atoms with Crippen LogP contribution < -0.4 is 21.8 Å². The molecule has 0 fully saturated rings. The molecule has 0 heterocycles. The normalized spacial score (nSPS) is 11.4. The second kappa shape index (κ2) is 11.9. The van der Waals surface area contributed by atoms with Gasteiger partial charge in [-0.25, -0.2) is 5.48 Å². The third-order valence-electron chi connectivity index (χ3n) is 4.24. The lowest BCUT2D eigenvalue weighted by molar-refractivity contribution is -0.130. The van der Waals surface area contributed by atoms with Crippen LogP contribution in [0.1, 0.15) is 55.2 Å². The highest BCUT2D eigenvalue weighted by molar-refractivity contribution is 5.97. The van der Waals surface area contributed by atoms with Crippen LogP contribution in [0.3, 0.4) is 0 Å². The van der Waals surface area contributed by atoms with Crippen LogP contribution in [0.4, 0.5) is 0 Å². The molecule has 2 rings (SSSR count). The molecule has 7 nitrogen and oxygen atoms in total. The summed E-state index contributed by atoms with van der Waals surface area (Å²) in [5.74, 6) is 4.94. The lowest BCUT2D eigenvalue weighted by atomic mass is 10.1. The summed E-state index contributed by atoms with van der Waals surface area (Å²) >= 11 is 0. The fourth-order valence-electron chi connectivity index (χ4n) is 2.47. The van der Waals surface area contributed by atoms with Crippen molar-refractivity contribution in [2.24, 2.45) is 5.73 Å². The van der Waals surface area contributed by atoms with Gasteiger partial charge in [0.05, 0.1) is 0 Å². The zero-order valence-corrected chi connectivity index (χ0v) is 17.5. The minimum atomic E-state index is -1.01. The average molecular weight is 425 g/mol. The Morgan fingerprint density at radius 2 is 1.52 bits per heavy atom. The van der Waals surface area contributed by atoms with Crippen molar-refractivity contribution in [2.45, 2.75) is 46.3 Å². The van der Waals surface area contributed by atoms with Crippen molar-refractivity contribution < 1.29 is 14.8 Å². The number of rotatable bonds is 6. The van der Waals surface area contributed by atoms with Gasteiger partial charge in [-0.2, -0.15) is 0 Å². The molecule has 31 heavy (non-hydrogen) atoms. The quantitative estimate of drug-likeness (QED) is 0.277. The van der Waals surface area contributed by atoms with E-state index in [9.17, 15) is 9.59 Å². The van der Waals surface area contributed by atoms with Crippen molar-refractivity contribution in [3.05, 3.63) is 70.8 Å². The van der Waals surface area contributed by atoms with Crippen LogP contribution in [0, 0.1) is 11.8 Å². The fraction of sp³-hybridized carbons (Fsp3) is 0.333. The Bertz CT molecular complexity index is 921. The van der Waals surface area contributed by atoms with Crippen molar-refractivity contribution in [2.75, 3.05) is 6.54 Å². The zero-order chi connectivity index (χ0) is 22.1. The molecule has 2 amide bonds. The SMILES string of the molecule is C.CC(C)(C)NCc1ccc(C#Cc2ccc(C(=O)N[C@@H](CN)C(=O)NO)cc2)cc1. The maximum atomic E-state index is 12.2. The van der Waals surface area contributed by atoms with Crippen LogP contribution in [0.5, 0.6) is 0 Å². The maximum absolute atomic E-state index is 12.2. The topological polar surface area (TPSA) is 116 Å². The molecule has 0 spiro atoms. The number of carbonyl (C=O) groups is 2. The van der Waals surface area contributed by atoms with Gasteiger partial charge in [0, 0.05) is 35.3 Å². The molecule has 2 aromatic rings. The Labute approximate surface area is 184 Å². The highest BCUT2D eigenvalue weighted by Gasteiger charge is 2.19. The largest absolute Gasteiger partial charge is 0.339 e. The van der Waals surface area contributed by atoms with Gasteiger partial charge in [0.1, 0.15) is 6.04 Å². The molecule has 166 valence electrons. The molecule has 6 N–H and O–H groups in total. The van der Waals surface area contributed by atoms with Crippen LogP contribution in [0.25, 0.3) is 0 Å². The lowest BCUT2D eigenvalue weighted by Crippen LogP contribution is -2.50. The smallest absolute Gasteiger partial charge is 0.267 e. The first-order valence-electron chi connectivity index (χ1n) is 9.63. The van der Waals surface area contributed by atoms with Crippen LogP contribution >= 0.6 is 0 Å². The van der Waals surface area contributed by atoms with E-state index in [4.69, 9.17) is 10.9 Å². The predicted molar refractivity (Wildman–Crippen MR) is 122 cm³/mol. The van der Waals surface area contributed by atoms with Crippen molar-refractivity contribution in [3.8, 4) is 11.8 Å². The van der Waals surface area contributed by atoms with E-state index in [2.05, 4.69) is 43.2 Å². The van der Waals surface area contributed by atoms with E-state index < -0.39 is 17.9 Å². The van der Waals surface area contributed by atoms with Crippen LogP contribution in [0.15, 0.2) is 48.5 Å². The van der Waals surface area contributed by atoms with E-state index in [0.717, 1.165) is 17.7 Å². The summed E-state index contributed by atoms with van der Waals surface area (Å²) in [4.78, 5) is 23.6. The maximum Gasteiger partial charge on any atom is 0.267 e. The molecule has 0 unspecified atom stereocenters. The Balaban J connectivity index is 0.00000480. The first kappa shape index (κ1) is 25.9. The molecule has 0 bridgehead atoms. The fourth-order valence-corrected chi connectivity index (χ4v) is 2.47. The van der Waals surface area contributed by atoms with Gasteiger partial charge in [0.2, 0.25) is 0 Å². The van der Waals surface area contributed by atoms with Crippen LogP contribution in [-0.2, 0) is 11.3 Å². The Hall–Kier alpha value is -3.18. The number of nitrogens with one attached hydrogen (secondary N) is 3. The standard InChI is InChI=1S/C23H28N4O3.CH4/c1-23(2,3)25-15-18-8-6-16(7-9-18)4-5-17-10-12-19(13-11-17)21(28)26-20(14-24)22(29)27-30;/h6-13,20,25,30H,14-15,24H2,1-3H3,(H,26,28)(H,27,29);1H4/t20-;/m0./s1. The van der Waals surface area contributed by atoms with Crippen molar-refractivity contribution in [1.29, 1.82) is 0 Å². The Kier molecular flexibility index (Phi) is 9.90. The van der Waals surface area contributed by atoms with Crippen molar-refractivity contribution >= 4 is 11.8 Å². The molecule has 0 saturated carbocycles. The highest BCUT2D eigenvalue weighted by Crippen LogP contribution is 2.08. The van der Waals surface area contributed by atoms with Gasteiger partial charge in [-0.05, 0) is 62.7 Å². The Morgan fingerprint density at radius 1 is 1.00 bits per heavy atom. The van der Waals surface area contributed by atoms with Gasteiger partial charge >= 0.3 is 0 Å². The summed E-state index contributed by atoms with van der Waals surface area (Å²) in [6, 6.07) is 13.7. The number of hydroxylamine groups is 1.